The summed E-state index contributed by atoms with van der Waals surface area (Å²) in [5.41, 5.74) is 2.09. The second-order valence-electron chi connectivity index (χ2n) is 4.91. The highest BCUT2D eigenvalue weighted by Gasteiger charge is 2.06. The molecule has 2 rings (SSSR count). The van der Waals surface area contributed by atoms with Gasteiger partial charge in [-0.05, 0) is 40.8 Å². The number of rotatable bonds is 8. The Labute approximate surface area is 148 Å². The minimum atomic E-state index is -0.862. The van der Waals surface area contributed by atoms with Crippen LogP contribution >= 0.6 is 11.9 Å². The van der Waals surface area contributed by atoms with Crippen molar-refractivity contribution in [3.8, 4) is 0 Å². The Bertz CT molecular complexity index is 723. The van der Waals surface area contributed by atoms with Gasteiger partial charge in [0.1, 0.15) is 19.8 Å². The molecule has 0 amide bonds. The van der Waals surface area contributed by atoms with Crippen molar-refractivity contribution >= 4 is 18.1 Å². The van der Waals surface area contributed by atoms with Crippen LogP contribution in [0.4, 0.5) is 4.79 Å². The van der Waals surface area contributed by atoms with Crippen molar-refractivity contribution in [2.75, 3.05) is 0 Å². The lowest BCUT2D eigenvalue weighted by atomic mass is 10.1. The van der Waals surface area contributed by atoms with E-state index in [2.05, 4.69) is 4.84 Å². The van der Waals surface area contributed by atoms with Gasteiger partial charge in [-0.25, -0.2) is 4.79 Å². The van der Waals surface area contributed by atoms with Crippen molar-refractivity contribution in [1.29, 1.82) is 0 Å². The number of hydrogen-bond acceptors (Lipinski definition) is 8. The third-order valence-electron chi connectivity index (χ3n) is 3.10. The molecule has 132 valence electrons. The highest BCUT2D eigenvalue weighted by Crippen LogP contribution is 2.13. The zero-order chi connectivity index (χ0) is 18.1. The fourth-order valence-corrected chi connectivity index (χ4v) is 2.22. The molecule has 8 nitrogen and oxygen atoms in total. The Morgan fingerprint density at radius 2 is 1.60 bits per heavy atom. The van der Waals surface area contributed by atoms with Gasteiger partial charge in [0.2, 0.25) is 0 Å². The Morgan fingerprint density at radius 1 is 1.00 bits per heavy atom. The summed E-state index contributed by atoms with van der Waals surface area (Å²) in [4.78, 5) is 27.0. The summed E-state index contributed by atoms with van der Waals surface area (Å²) in [5.74, 6) is 0. The third kappa shape index (κ3) is 6.69. The molecule has 0 aliphatic heterocycles. The van der Waals surface area contributed by atoms with E-state index in [1.54, 1.807) is 36.4 Å². The van der Waals surface area contributed by atoms with E-state index >= 15 is 0 Å². The fraction of sp³-hybridized carbons (Fsp3) is 0.188. The second kappa shape index (κ2) is 9.50. The molecule has 0 radical (unpaired) electrons. The number of hydrogen-bond donors (Lipinski definition) is 1. The number of nitrogens with two attached hydrogens (primary N) is 1. The number of ether oxygens (including phenoxy) is 2. The van der Waals surface area contributed by atoms with E-state index in [4.69, 9.17) is 14.6 Å². The smallest absolute Gasteiger partial charge is 0.429 e. The van der Waals surface area contributed by atoms with Crippen LogP contribution in [-0.4, -0.2) is 11.2 Å². The highest BCUT2D eigenvalue weighted by molar-refractivity contribution is 7.97. The number of benzene rings is 2. The Hall–Kier alpha value is -2.78. The van der Waals surface area contributed by atoms with Gasteiger partial charge in [0.25, 0.3) is 5.09 Å². The summed E-state index contributed by atoms with van der Waals surface area (Å²) >= 11 is 1.14. The molecule has 25 heavy (non-hydrogen) atoms. The third-order valence-corrected chi connectivity index (χ3v) is 3.65. The summed E-state index contributed by atoms with van der Waals surface area (Å²) in [5, 5.41) is 14.8. The molecule has 0 saturated heterocycles. The average molecular weight is 364 g/mol. The SMILES string of the molecule is NSc1ccc(COC(=O)OCc2cccc(CO[N+](=O)[O-])c2)cc1. The number of carbonyl (C=O) groups is 1. The zero-order valence-electron chi connectivity index (χ0n) is 13.1. The predicted molar refractivity (Wildman–Crippen MR) is 89.7 cm³/mol. The molecular weight excluding hydrogens is 348 g/mol. The van der Waals surface area contributed by atoms with Crippen molar-refractivity contribution < 1.29 is 24.2 Å². The van der Waals surface area contributed by atoms with Crippen molar-refractivity contribution in [3.05, 3.63) is 75.3 Å². The van der Waals surface area contributed by atoms with Crippen LogP contribution in [0.25, 0.3) is 0 Å². The molecule has 0 heterocycles. The summed E-state index contributed by atoms with van der Waals surface area (Å²) in [6.07, 6.45) is -0.802. The minimum absolute atomic E-state index is 0.00606. The monoisotopic (exact) mass is 364 g/mol. The lowest BCUT2D eigenvalue weighted by molar-refractivity contribution is -0.763. The van der Waals surface area contributed by atoms with Gasteiger partial charge in [-0.15, -0.1) is 10.1 Å². The Morgan fingerprint density at radius 3 is 2.20 bits per heavy atom. The van der Waals surface area contributed by atoms with Crippen LogP contribution in [0.15, 0.2) is 53.4 Å². The van der Waals surface area contributed by atoms with E-state index in [0.717, 1.165) is 22.4 Å². The molecular formula is C16H16N2O6S. The average Bonchev–Trinajstić information content (AvgIpc) is 2.63. The molecule has 0 aliphatic rings. The summed E-state index contributed by atoms with van der Waals surface area (Å²) in [6, 6.07) is 14.0. The molecule has 0 saturated carbocycles. The van der Waals surface area contributed by atoms with E-state index in [1.807, 2.05) is 12.1 Å². The van der Waals surface area contributed by atoms with Crippen LogP contribution in [0.5, 0.6) is 0 Å². The molecule has 0 unspecified atom stereocenters. The fourth-order valence-electron chi connectivity index (χ4n) is 1.93. The van der Waals surface area contributed by atoms with Crippen LogP contribution < -0.4 is 5.14 Å². The number of carbonyl (C=O) groups excluding carboxylic acids is 1. The van der Waals surface area contributed by atoms with Gasteiger partial charge < -0.3 is 14.3 Å². The maximum Gasteiger partial charge on any atom is 0.508 e. The molecule has 0 atom stereocenters. The van der Waals surface area contributed by atoms with E-state index < -0.39 is 11.2 Å². The quantitative estimate of drug-likeness (QED) is 0.329. The Kier molecular flexibility index (Phi) is 7.05. The van der Waals surface area contributed by atoms with Crippen molar-refractivity contribution in [1.82, 2.24) is 0 Å². The first kappa shape index (κ1) is 18.6. The number of nitrogens with zero attached hydrogens (tertiary/aromatic N) is 1. The lowest BCUT2D eigenvalue weighted by Gasteiger charge is -2.08. The van der Waals surface area contributed by atoms with Gasteiger partial charge in [-0.2, -0.15) is 0 Å². The highest BCUT2D eigenvalue weighted by atomic mass is 32.2. The first-order chi connectivity index (χ1) is 12.1. The van der Waals surface area contributed by atoms with Gasteiger partial charge in [-0.1, -0.05) is 36.4 Å². The molecule has 9 heteroatoms. The molecule has 2 N–H and O–H groups in total. The molecule has 2 aromatic rings. The van der Waals surface area contributed by atoms with Crippen LogP contribution in [0.2, 0.25) is 0 Å². The van der Waals surface area contributed by atoms with Crippen molar-refractivity contribution in [3.63, 3.8) is 0 Å². The molecule has 0 bridgehead atoms. The van der Waals surface area contributed by atoms with E-state index in [0.29, 0.717) is 11.1 Å². The van der Waals surface area contributed by atoms with Crippen molar-refractivity contribution in [2.24, 2.45) is 5.14 Å². The lowest BCUT2D eigenvalue weighted by Crippen LogP contribution is -2.08. The van der Waals surface area contributed by atoms with E-state index in [9.17, 15) is 14.9 Å². The first-order valence-electron chi connectivity index (χ1n) is 7.17. The van der Waals surface area contributed by atoms with Crippen LogP contribution in [0.3, 0.4) is 0 Å². The molecule has 0 aliphatic carbocycles. The first-order valence-corrected chi connectivity index (χ1v) is 8.05. The van der Waals surface area contributed by atoms with E-state index in [1.165, 1.54) is 0 Å². The van der Waals surface area contributed by atoms with Gasteiger partial charge in [0.05, 0.1) is 0 Å². The Balaban J connectivity index is 1.77. The van der Waals surface area contributed by atoms with Crippen LogP contribution in [0, 0.1) is 10.1 Å². The van der Waals surface area contributed by atoms with E-state index in [-0.39, 0.29) is 19.8 Å². The topological polar surface area (TPSA) is 114 Å². The molecule has 2 aromatic carbocycles. The molecule has 0 spiro atoms. The van der Waals surface area contributed by atoms with Gasteiger partial charge in [0, 0.05) is 4.90 Å². The molecule has 0 fully saturated rings. The summed E-state index contributed by atoms with van der Waals surface area (Å²) < 4.78 is 10.0. The van der Waals surface area contributed by atoms with Crippen molar-refractivity contribution in [2.45, 2.75) is 24.7 Å². The molecule has 0 aromatic heterocycles. The predicted octanol–water partition coefficient (Wildman–Crippen LogP) is 3.21. The van der Waals surface area contributed by atoms with Crippen LogP contribution in [0.1, 0.15) is 16.7 Å². The maximum absolute atomic E-state index is 11.6. The second-order valence-corrected chi connectivity index (χ2v) is 5.61. The zero-order valence-corrected chi connectivity index (χ0v) is 13.9. The van der Waals surface area contributed by atoms with Gasteiger partial charge >= 0.3 is 6.16 Å². The standard InChI is InChI=1S/C16H16N2O6S/c17-25-15-6-4-12(5-7-15)9-22-16(19)23-10-13-2-1-3-14(8-13)11-24-18(20)21/h1-8H,9-11,17H2. The summed E-state index contributed by atoms with van der Waals surface area (Å²) in [6.45, 7) is -0.0820. The van der Waals surface area contributed by atoms with Gasteiger partial charge in [-0.3, -0.25) is 5.14 Å². The minimum Gasteiger partial charge on any atom is -0.429 e. The normalized spacial score (nSPS) is 10.1. The van der Waals surface area contributed by atoms with Crippen LogP contribution in [-0.2, 0) is 34.1 Å². The largest absolute Gasteiger partial charge is 0.508 e. The van der Waals surface area contributed by atoms with Gasteiger partial charge in [0.15, 0.2) is 0 Å². The maximum atomic E-state index is 11.6. The summed E-state index contributed by atoms with van der Waals surface area (Å²) in [7, 11) is 0.